The van der Waals surface area contributed by atoms with Gasteiger partial charge >= 0.3 is 0 Å². The quantitative estimate of drug-likeness (QED) is 0.573. The van der Waals surface area contributed by atoms with E-state index in [-0.39, 0.29) is 31.1 Å². The van der Waals surface area contributed by atoms with E-state index in [9.17, 15) is 17.6 Å². The lowest BCUT2D eigenvalue weighted by Crippen LogP contribution is -2.02. The molecular formula is C12H12F4O2. The maximum absolute atomic E-state index is 13.4. The van der Waals surface area contributed by atoms with Gasteiger partial charge in [0, 0.05) is 6.42 Å². The van der Waals surface area contributed by atoms with E-state index in [0.29, 0.717) is 6.08 Å². The van der Waals surface area contributed by atoms with E-state index in [1.165, 1.54) is 12.1 Å². The minimum Gasteiger partial charge on any atom is -0.491 e. The van der Waals surface area contributed by atoms with Gasteiger partial charge in [0.15, 0.2) is 11.5 Å². The largest absolute Gasteiger partial charge is 0.491 e. The zero-order chi connectivity index (χ0) is 13.5. The minimum atomic E-state index is -1.84. The summed E-state index contributed by atoms with van der Waals surface area (Å²) in [6, 6.07) is 2.42. The van der Waals surface area contributed by atoms with Gasteiger partial charge in [0.05, 0.1) is 13.2 Å². The van der Waals surface area contributed by atoms with Gasteiger partial charge in [-0.25, -0.2) is 0 Å². The molecule has 0 amide bonds. The topological polar surface area (TPSA) is 18.5 Å². The van der Waals surface area contributed by atoms with Crippen LogP contribution in [0.5, 0.6) is 11.5 Å². The highest BCUT2D eigenvalue weighted by Gasteiger charge is 2.15. The normalized spacial score (nSPS) is 10.1. The first-order valence-corrected chi connectivity index (χ1v) is 5.31. The number of hydrogen-bond acceptors (Lipinski definition) is 2. The maximum atomic E-state index is 13.4. The Morgan fingerprint density at radius 2 is 1.67 bits per heavy atom. The van der Waals surface area contributed by atoms with E-state index >= 15 is 0 Å². The molecule has 18 heavy (non-hydrogen) atoms. The highest BCUT2D eigenvalue weighted by Crippen LogP contribution is 2.27. The predicted octanol–water partition coefficient (Wildman–Crippen LogP) is 3.91. The molecule has 0 N–H and O–H groups in total. The van der Waals surface area contributed by atoms with Crippen LogP contribution in [0.4, 0.5) is 17.6 Å². The fourth-order valence-electron chi connectivity index (χ4n) is 1.23. The van der Waals surface area contributed by atoms with Crippen molar-refractivity contribution in [1.82, 2.24) is 0 Å². The fraction of sp³-hybridized carbons (Fsp3) is 0.333. The monoisotopic (exact) mass is 264 g/mol. The Hall–Kier alpha value is -1.72. The second kappa shape index (κ2) is 6.88. The van der Waals surface area contributed by atoms with Crippen molar-refractivity contribution < 1.29 is 27.0 Å². The second-order valence-electron chi connectivity index (χ2n) is 3.25. The van der Waals surface area contributed by atoms with Crippen molar-refractivity contribution >= 4 is 0 Å². The number of rotatable bonds is 6. The lowest BCUT2D eigenvalue weighted by atomic mass is 10.3. The number of benzene rings is 1. The van der Waals surface area contributed by atoms with Crippen LogP contribution >= 0.6 is 0 Å². The van der Waals surface area contributed by atoms with E-state index in [1.807, 2.05) is 0 Å². The zero-order valence-electron chi connectivity index (χ0n) is 9.68. The molecule has 1 aromatic rings. The summed E-state index contributed by atoms with van der Waals surface area (Å²) < 4.78 is 59.9. The van der Waals surface area contributed by atoms with Crippen LogP contribution in [0.25, 0.3) is 0 Å². The number of hydrogen-bond donors (Lipinski definition) is 0. The zero-order valence-corrected chi connectivity index (χ0v) is 9.68. The van der Waals surface area contributed by atoms with Crippen LogP contribution in [0.3, 0.4) is 0 Å². The molecule has 0 radical (unpaired) electrons. The smallest absolute Gasteiger partial charge is 0.266 e. The molecule has 0 atom stereocenters. The summed E-state index contributed by atoms with van der Waals surface area (Å²) in [6.45, 7) is 1.68. The second-order valence-corrected chi connectivity index (χ2v) is 3.25. The van der Waals surface area contributed by atoms with Gasteiger partial charge in [-0.15, -0.1) is 0 Å². The van der Waals surface area contributed by atoms with Crippen molar-refractivity contribution in [1.29, 1.82) is 0 Å². The molecule has 1 aromatic carbocycles. The summed E-state index contributed by atoms with van der Waals surface area (Å²) in [5, 5.41) is 0. The first-order valence-electron chi connectivity index (χ1n) is 5.31. The highest BCUT2D eigenvalue weighted by atomic mass is 19.3. The Labute approximate surface area is 102 Å². The van der Waals surface area contributed by atoms with E-state index in [1.54, 1.807) is 6.92 Å². The van der Waals surface area contributed by atoms with E-state index < -0.39 is 17.7 Å². The van der Waals surface area contributed by atoms with Gasteiger partial charge < -0.3 is 9.47 Å². The van der Waals surface area contributed by atoms with Gasteiger partial charge in [0.25, 0.3) is 6.08 Å². The number of ether oxygens (including phenoxy) is 2. The molecule has 0 spiro atoms. The first kappa shape index (κ1) is 14.3. The van der Waals surface area contributed by atoms with Crippen LogP contribution in [-0.2, 0) is 0 Å². The average Bonchev–Trinajstić information content (AvgIpc) is 2.33. The highest BCUT2D eigenvalue weighted by molar-refractivity contribution is 5.35. The molecule has 0 unspecified atom stereocenters. The predicted molar refractivity (Wildman–Crippen MR) is 57.9 cm³/mol. The molecule has 2 nitrogen and oxygen atoms in total. The molecule has 6 heteroatoms. The molecule has 100 valence electrons. The third-order valence-corrected chi connectivity index (χ3v) is 1.99. The van der Waals surface area contributed by atoms with Crippen molar-refractivity contribution in [2.24, 2.45) is 0 Å². The van der Waals surface area contributed by atoms with Gasteiger partial charge in [-0.1, -0.05) is 0 Å². The summed E-state index contributed by atoms with van der Waals surface area (Å²) >= 11 is 0. The van der Waals surface area contributed by atoms with Crippen molar-refractivity contribution in [3.63, 3.8) is 0 Å². The average molecular weight is 264 g/mol. The first-order chi connectivity index (χ1) is 8.56. The van der Waals surface area contributed by atoms with Gasteiger partial charge in [0.2, 0.25) is 11.6 Å². The van der Waals surface area contributed by atoms with E-state index in [4.69, 9.17) is 9.47 Å². The third kappa shape index (κ3) is 3.94. The van der Waals surface area contributed by atoms with Crippen LogP contribution in [0, 0.1) is 11.6 Å². The van der Waals surface area contributed by atoms with E-state index in [0.717, 1.165) is 0 Å². The molecule has 1 rings (SSSR count). The lowest BCUT2D eigenvalue weighted by Gasteiger charge is -2.09. The lowest BCUT2D eigenvalue weighted by molar-refractivity contribution is 0.284. The van der Waals surface area contributed by atoms with Crippen molar-refractivity contribution in [3.05, 3.63) is 35.9 Å². The number of halogens is 4. The SMILES string of the molecule is CCOc1ccc(OCCC=C(F)F)c(F)c1F. The molecule has 0 aliphatic heterocycles. The Kier molecular flexibility index (Phi) is 5.48. The van der Waals surface area contributed by atoms with Crippen LogP contribution in [0.1, 0.15) is 13.3 Å². The fourth-order valence-corrected chi connectivity index (χ4v) is 1.23. The molecule has 0 heterocycles. The van der Waals surface area contributed by atoms with Crippen LogP contribution in [-0.4, -0.2) is 13.2 Å². The third-order valence-electron chi connectivity index (χ3n) is 1.99. The van der Waals surface area contributed by atoms with Crippen LogP contribution in [0.15, 0.2) is 24.3 Å². The van der Waals surface area contributed by atoms with E-state index in [2.05, 4.69) is 0 Å². The standard InChI is InChI=1S/C12H12F4O2/c1-2-17-8-5-6-9(12(16)11(8)15)18-7-3-4-10(13)14/h4-6H,2-3,7H2,1H3. The van der Waals surface area contributed by atoms with Crippen molar-refractivity contribution in [2.75, 3.05) is 13.2 Å². The molecule has 0 fully saturated rings. The van der Waals surface area contributed by atoms with Crippen LogP contribution < -0.4 is 9.47 Å². The Balaban J connectivity index is 2.67. The molecule has 0 aromatic heterocycles. The summed E-state index contributed by atoms with van der Waals surface area (Å²) in [5.41, 5.74) is 0. The summed E-state index contributed by atoms with van der Waals surface area (Å²) in [7, 11) is 0. The van der Waals surface area contributed by atoms with Crippen molar-refractivity contribution in [2.45, 2.75) is 13.3 Å². The maximum Gasteiger partial charge on any atom is 0.266 e. The van der Waals surface area contributed by atoms with Gasteiger partial charge in [-0.2, -0.15) is 17.6 Å². The summed E-state index contributed by atoms with van der Waals surface area (Å²) in [6.07, 6.45) is -1.28. The molecule has 0 saturated carbocycles. The molecule has 0 aliphatic rings. The Bertz CT molecular complexity index is 428. The molecule has 0 bridgehead atoms. The van der Waals surface area contributed by atoms with Gasteiger partial charge in [-0.05, 0) is 25.1 Å². The molecular weight excluding hydrogens is 252 g/mol. The molecule has 0 saturated heterocycles. The van der Waals surface area contributed by atoms with Crippen molar-refractivity contribution in [3.8, 4) is 11.5 Å². The minimum absolute atomic E-state index is 0.0867. The van der Waals surface area contributed by atoms with Gasteiger partial charge in [-0.3, -0.25) is 0 Å². The summed E-state index contributed by atoms with van der Waals surface area (Å²) in [4.78, 5) is 0. The van der Waals surface area contributed by atoms with Crippen LogP contribution in [0.2, 0.25) is 0 Å². The molecule has 0 aliphatic carbocycles. The summed E-state index contributed by atoms with van der Waals surface area (Å²) in [5.74, 6) is -2.88. The van der Waals surface area contributed by atoms with Gasteiger partial charge in [0.1, 0.15) is 0 Å². The Morgan fingerprint density at radius 1 is 1.11 bits per heavy atom. The Morgan fingerprint density at radius 3 is 2.17 bits per heavy atom.